The van der Waals surface area contributed by atoms with Gasteiger partial charge in [-0.3, -0.25) is 4.79 Å². The van der Waals surface area contributed by atoms with Gasteiger partial charge in [0.2, 0.25) is 0 Å². The molecule has 9 heteroatoms. The van der Waals surface area contributed by atoms with Crippen LogP contribution in [-0.4, -0.2) is 51.5 Å². The van der Waals surface area contributed by atoms with Crippen LogP contribution in [-0.2, 0) is 6.54 Å². The van der Waals surface area contributed by atoms with E-state index in [1.165, 1.54) is 24.6 Å². The molecule has 3 heterocycles. The Bertz CT molecular complexity index is 984. The molecule has 1 aliphatic heterocycles. The Kier molecular flexibility index (Phi) is 5.68. The highest BCUT2D eigenvalue weighted by Gasteiger charge is 2.20. The SMILES string of the molecule is CSc1nc(N2CCCC2)c2cnn(CCNC(=O)c3ccc(Cl)cc3)c2n1. The van der Waals surface area contributed by atoms with E-state index in [1.807, 2.05) is 17.1 Å². The Balaban J connectivity index is 1.50. The second-order valence-corrected chi connectivity index (χ2v) is 7.81. The van der Waals surface area contributed by atoms with Crippen LogP contribution in [0.3, 0.4) is 0 Å². The fourth-order valence-electron chi connectivity index (χ4n) is 3.32. The number of thioether (sulfide) groups is 1. The molecule has 0 atom stereocenters. The maximum atomic E-state index is 12.3. The minimum Gasteiger partial charge on any atom is -0.356 e. The standard InChI is InChI=1S/C19H21ClN6OS/c1-28-19-23-16(25-9-2-3-10-25)15-12-22-26(17(15)24-19)11-8-21-18(27)13-4-6-14(20)7-5-13/h4-7,12H,2-3,8-11H2,1H3,(H,21,27). The summed E-state index contributed by atoms with van der Waals surface area (Å²) in [6, 6.07) is 6.83. The average Bonchev–Trinajstić information content (AvgIpc) is 3.38. The largest absolute Gasteiger partial charge is 0.356 e. The molecule has 3 aromatic rings. The summed E-state index contributed by atoms with van der Waals surface area (Å²) in [5, 5.41) is 9.72. The number of hydrogen-bond donors (Lipinski definition) is 1. The highest BCUT2D eigenvalue weighted by Crippen LogP contribution is 2.28. The van der Waals surface area contributed by atoms with Crippen molar-refractivity contribution >= 4 is 46.1 Å². The Morgan fingerprint density at radius 1 is 1.21 bits per heavy atom. The lowest BCUT2D eigenvalue weighted by atomic mass is 10.2. The fraction of sp³-hybridized carbons (Fsp3) is 0.368. The minimum atomic E-state index is -0.134. The number of nitrogens with one attached hydrogen (secondary N) is 1. The smallest absolute Gasteiger partial charge is 0.251 e. The van der Waals surface area contributed by atoms with Gasteiger partial charge in [-0.15, -0.1) is 0 Å². The van der Waals surface area contributed by atoms with Gasteiger partial charge in [0.05, 0.1) is 18.1 Å². The predicted molar refractivity (Wildman–Crippen MR) is 112 cm³/mol. The van der Waals surface area contributed by atoms with Crippen molar-refractivity contribution in [2.24, 2.45) is 0 Å². The van der Waals surface area contributed by atoms with E-state index in [0.717, 1.165) is 35.1 Å². The van der Waals surface area contributed by atoms with Crippen LogP contribution in [0.1, 0.15) is 23.2 Å². The third-order valence-corrected chi connectivity index (χ3v) is 5.56. The summed E-state index contributed by atoms with van der Waals surface area (Å²) < 4.78 is 1.83. The number of fused-ring (bicyclic) bond motifs is 1. The van der Waals surface area contributed by atoms with Gasteiger partial charge in [0.15, 0.2) is 10.8 Å². The van der Waals surface area contributed by atoms with Gasteiger partial charge in [0.1, 0.15) is 5.82 Å². The number of rotatable bonds is 6. The molecule has 0 spiro atoms. The van der Waals surface area contributed by atoms with E-state index in [9.17, 15) is 4.79 Å². The van der Waals surface area contributed by atoms with Crippen LogP contribution in [0.15, 0.2) is 35.6 Å². The van der Waals surface area contributed by atoms with E-state index in [4.69, 9.17) is 16.6 Å². The van der Waals surface area contributed by atoms with Crippen LogP contribution in [0.25, 0.3) is 11.0 Å². The molecule has 0 radical (unpaired) electrons. The number of nitrogens with zero attached hydrogens (tertiary/aromatic N) is 5. The van der Waals surface area contributed by atoms with Crippen molar-refractivity contribution in [3.05, 3.63) is 41.0 Å². The number of hydrogen-bond acceptors (Lipinski definition) is 6. The number of aromatic nitrogens is 4. The van der Waals surface area contributed by atoms with Crippen LogP contribution >= 0.6 is 23.4 Å². The third kappa shape index (κ3) is 3.93. The molecule has 1 N–H and O–H groups in total. The van der Waals surface area contributed by atoms with Crippen LogP contribution in [0.5, 0.6) is 0 Å². The molecule has 1 aliphatic rings. The van der Waals surface area contributed by atoms with Gasteiger partial charge < -0.3 is 10.2 Å². The first-order valence-corrected chi connectivity index (χ1v) is 10.8. The summed E-state index contributed by atoms with van der Waals surface area (Å²) in [6.45, 7) is 3.02. The lowest BCUT2D eigenvalue weighted by molar-refractivity contribution is 0.0952. The van der Waals surface area contributed by atoms with E-state index in [0.29, 0.717) is 23.7 Å². The minimum absolute atomic E-state index is 0.134. The van der Waals surface area contributed by atoms with E-state index in [2.05, 4.69) is 20.3 Å². The number of halogens is 1. The monoisotopic (exact) mass is 416 g/mol. The molecule has 1 saturated heterocycles. The lowest BCUT2D eigenvalue weighted by Gasteiger charge is -2.17. The zero-order valence-electron chi connectivity index (χ0n) is 15.6. The molecule has 1 fully saturated rings. The van der Waals surface area contributed by atoms with Gasteiger partial charge in [-0.05, 0) is 43.4 Å². The average molecular weight is 417 g/mol. The summed E-state index contributed by atoms with van der Waals surface area (Å²) in [4.78, 5) is 23.9. The molecular formula is C19H21ClN6OS. The molecule has 0 saturated carbocycles. The van der Waals surface area contributed by atoms with E-state index < -0.39 is 0 Å². The van der Waals surface area contributed by atoms with Gasteiger partial charge in [0, 0.05) is 30.2 Å². The van der Waals surface area contributed by atoms with Crippen LogP contribution < -0.4 is 10.2 Å². The normalized spacial score (nSPS) is 14.0. The van der Waals surface area contributed by atoms with Crippen molar-refractivity contribution in [1.82, 2.24) is 25.1 Å². The molecule has 0 aliphatic carbocycles. The summed E-state index contributed by atoms with van der Waals surface area (Å²) in [6.07, 6.45) is 6.17. The first-order valence-electron chi connectivity index (χ1n) is 9.22. The predicted octanol–water partition coefficient (Wildman–Crippen LogP) is 3.23. The van der Waals surface area contributed by atoms with E-state index in [-0.39, 0.29) is 5.91 Å². The van der Waals surface area contributed by atoms with Gasteiger partial charge in [-0.1, -0.05) is 23.4 Å². The highest BCUT2D eigenvalue weighted by atomic mass is 35.5. The Labute approximate surface area is 172 Å². The Morgan fingerprint density at radius 3 is 2.68 bits per heavy atom. The molecule has 0 bridgehead atoms. The summed E-state index contributed by atoms with van der Waals surface area (Å²) in [5.41, 5.74) is 1.39. The summed E-state index contributed by atoms with van der Waals surface area (Å²) in [5.74, 6) is 0.827. The first kappa shape index (κ1) is 19.0. The topological polar surface area (TPSA) is 75.9 Å². The number of amides is 1. The first-order chi connectivity index (χ1) is 13.7. The van der Waals surface area contributed by atoms with Gasteiger partial charge >= 0.3 is 0 Å². The molecule has 2 aromatic heterocycles. The van der Waals surface area contributed by atoms with E-state index in [1.54, 1.807) is 24.3 Å². The Hall–Kier alpha value is -2.32. The maximum absolute atomic E-state index is 12.3. The molecule has 1 amide bonds. The van der Waals surface area contributed by atoms with Crippen molar-refractivity contribution in [2.75, 3.05) is 30.8 Å². The lowest BCUT2D eigenvalue weighted by Crippen LogP contribution is -2.27. The quantitative estimate of drug-likeness (QED) is 0.491. The molecule has 7 nitrogen and oxygen atoms in total. The number of carbonyl (C=O) groups is 1. The third-order valence-electron chi connectivity index (χ3n) is 4.76. The summed E-state index contributed by atoms with van der Waals surface area (Å²) >= 11 is 7.39. The second-order valence-electron chi connectivity index (χ2n) is 6.60. The van der Waals surface area contributed by atoms with Gasteiger partial charge in [0.25, 0.3) is 5.91 Å². The summed E-state index contributed by atoms with van der Waals surface area (Å²) in [7, 11) is 0. The second kappa shape index (κ2) is 8.36. The van der Waals surface area contributed by atoms with Gasteiger partial charge in [-0.2, -0.15) is 5.10 Å². The number of anilines is 1. The zero-order valence-corrected chi connectivity index (χ0v) is 17.1. The molecular weight excluding hydrogens is 396 g/mol. The van der Waals surface area contributed by atoms with Crippen LogP contribution in [0.2, 0.25) is 5.02 Å². The van der Waals surface area contributed by atoms with Crippen molar-refractivity contribution in [3.63, 3.8) is 0 Å². The fourth-order valence-corrected chi connectivity index (χ4v) is 3.81. The zero-order chi connectivity index (χ0) is 19.5. The maximum Gasteiger partial charge on any atom is 0.251 e. The molecule has 1 aromatic carbocycles. The van der Waals surface area contributed by atoms with Crippen molar-refractivity contribution in [1.29, 1.82) is 0 Å². The van der Waals surface area contributed by atoms with Crippen molar-refractivity contribution in [2.45, 2.75) is 24.5 Å². The van der Waals surface area contributed by atoms with Crippen molar-refractivity contribution in [3.8, 4) is 0 Å². The molecule has 0 unspecified atom stereocenters. The van der Waals surface area contributed by atoms with Crippen LogP contribution in [0, 0.1) is 0 Å². The molecule has 28 heavy (non-hydrogen) atoms. The Morgan fingerprint density at radius 2 is 1.96 bits per heavy atom. The van der Waals surface area contributed by atoms with Crippen LogP contribution in [0.4, 0.5) is 5.82 Å². The molecule has 146 valence electrons. The number of carbonyl (C=O) groups excluding carboxylic acids is 1. The van der Waals surface area contributed by atoms with Gasteiger partial charge in [-0.25, -0.2) is 14.6 Å². The highest BCUT2D eigenvalue weighted by molar-refractivity contribution is 7.98. The number of benzene rings is 1. The molecule has 4 rings (SSSR count). The van der Waals surface area contributed by atoms with Crippen molar-refractivity contribution < 1.29 is 4.79 Å². The van der Waals surface area contributed by atoms with E-state index >= 15 is 0 Å².